The van der Waals surface area contributed by atoms with E-state index in [-0.39, 0.29) is 17.7 Å². The van der Waals surface area contributed by atoms with Crippen molar-refractivity contribution in [2.45, 2.75) is 27.2 Å². The summed E-state index contributed by atoms with van der Waals surface area (Å²) in [5.41, 5.74) is 5.22. The zero-order valence-corrected chi connectivity index (χ0v) is 8.37. The van der Waals surface area contributed by atoms with Crippen molar-refractivity contribution in [3.8, 4) is 0 Å². The van der Waals surface area contributed by atoms with Crippen LogP contribution in [0.3, 0.4) is 0 Å². The Kier molecular flexibility index (Phi) is 4.45. The van der Waals surface area contributed by atoms with Gasteiger partial charge in [-0.25, -0.2) is 0 Å². The molecule has 0 rings (SSSR count). The molecule has 0 saturated heterocycles. The maximum atomic E-state index is 10.9. The number of carboxylic acids is 1. The number of carboxylic acid groups (broad SMARTS) is 1. The number of amidine groups is 1. The second-order valence-corrected chi connectivity index (χ2v) is 3.81. The van der Waals surface area contributed by atoms with Gasteiger partial charge in [-0.15, -0.1) is 0 Å². The quantitative estimate of drug-likeness (QED) is 0.447. The van der Waals surface area contributed by atoms with Gasteiger partial charge in [0, 0.05) is 6.42 Å². The maximum Gasteiger partial charge on any atom is 0.307 e. The fraction of sp³-hybridized carbons (Fsp3) is 0.778. The van der Waals surface area contributed by atoms with Crippen LogP contribution in [-0.4, -0.2) is 16.9 Å². The van der Waals surface area contributed by atoms with Crippen molar-refractivity contribution in [3.05, 3.63) is 0 Å². The number of hydrogen-bond donors (Lipinski definition) is 3. The smallest absolute Gasteiger partial charge is 0.307 e. The summed E-state index contributed by atoms with van der Waals surface area (Å²) in [6.45, 7) is 5.56. The monoisotopic (exact) mass is 186 g/mol. The van der Waals surface area contributed by atoms with Crippen LogP contribution in [0, 0.1) is 23.2 Å². The predicted octanol–water partition coefficient (Wildman–Crippen LogP) is 1.31. The molecule has 0 aromatic rings. The number of rotatable bonds is 5. The van der Waals surface area contributed by atoms with Crippen LogP contribution in [0.1, 0.15) is 27.2 Å². The number of carbonyl (C=O) groups is 1. The minimum absolute atomic E-state index is 0.0550. The van der Waals surface area contributed by atoms with Crippen molar-refractivity contribution in [1.29, 1.82) is 5.41 Å². The van der Waals surface area contributed by atoms with E-state index in [4.69, 9.17) is 16.2 Å². The van der Waals surface area contributed by atoms with Crippen LogP contribution in [0.4, 0.5) is 0 Å². The van der Waals surface area contributed by atoms with Crippen LogP contribution >= 0.6 is 0 Å². The second kappa shape index (κ2) is 4.84. The normalized spacial score (nSPS) is 15.4. The van der Waals surface area contributed by atoms with E-state index in [1.807, 2.05) is 20.8 Å². The molecule has 13 heavy (non-hydrogen) atoms. The summed E-state index contributed by atoms with van der Waals surface area (Å²) in [6.07, 6.45) is 0.356. The molecule has 0 amide bonds. The Morgan fingerprint density at radius 2 is 1.92 bits per heavy atom. The first-order valence-corrected chi connectivity index (χ1v) is 4.42. The van der Waals surface area contributed by atoms with E-state index in [1.165, 1.54) is 0 Å². The molecule has 0 spiro atoms. The summed E-state index contributed by atoms with van der Waals surface area (Å²) in [5, 5.41) is 16.0. The third-order valence-corrected chi connectivity index (χ3v) is 2.16. The molecule has 0 fully saturated rings. The van der Waals surface area contributed by atoms with Gasteiger partial charge in [-0.3, -0.25) is 10.2 Å². The molecule has 0 aromatic heterocycles. The third kappa shape index (κ3) is 3.92. The van der Waals surface area contributed by atoms with Gasteiger partial charge in [-0.2, -0.15) is 0 Å². The second-order valence-electron chi connectivity index (χ2n) is 3.81. The number of hydrogen-bond acceptors (Lipinski definition) is 2. The molecule has 0 aromatic carbocycles. The molecule has 2 atom stereocenters. The SMILES string of the molecule is CC(C)C(C(=O)O)C(C)CC(=N)N. The summed E-state index contributed by atoms with van der Waals surface area (Å²) in [5.74, 6) is -1.16. The summed E-state index contributed by atoms with van der Waals surface area (Å²) in [6, 6.07) is 0. The fourth-order valence-corrected chi connectivity index (χ4v) is 1.66. The minimum atomic E-state index is -0.802. The van der Waals surface area contributed by atoms with Gasteiger partial charge in [-0.1, -0.05) is 20.8 Å². The van der Waals surface area contributed by atoms with Gasteiger partial charge in [0.05, 0.1) is 11.8 Å². The highest BCUT2D eigenvalue weighted by Gasteiger charge is 2.27. The van der Waals surface area contributed by atoms with Crippen LogP contribution in [0.15, 0.2) is 0 Å². The van der Waals surface area contributed by atoms with Crippen molar-refractivity contribution in [3.63, 3.8) is 0 Å². The van der Waals surface area contributed by atoms with E-state index in [9.17, 15) is 4.79 Å². The molecule has 0 saturated carbocycles. The van der Waals surface area contributed by atoms with E-state index in [1.54, 1.807) is 0 Å². The molecule has 4 nitrogen and oxygen atoms in total. The Balaban J connectivity index is 4.37. The first-order chi connectivity index (χ1) is 5.86. The average Bonchev–Trinajstić information content (AvgIpc) is 1.81. The van der Waals surface area contributed by atoms with E-state index in [0.717, 1.165) is 0 Å². The highest BCUT2D eigenvalue weighted by molar-refractivity contribution is 5.78. The molecule has 0 radical (unpaired) electrons. The first kappa shape index (κ1) is 11.9. The molecule has 4 heteroatoms. The Morgan fingerprint density at radius 1 is 1.46 bits per heavy atom. The van der Waals surface area contributed by atoms with Crippen molar-refractivity contribution in [2.24, 2.45) is 23.5 Å². The van der Waals surface area contributed by atoms with Gasteiger partial charge in [-0.05, 0) is 11.8 Å². The number of nitrogens with two attached hydrogens (primary N) is 1. The Hall–Kier alpha value is -1.06. The van der Waals surface area contributed by atoms with Gasteiger partial charge >= 0.3 is 5.97 Å². The molecule has 2 unspecified atom stereocenters. The van der Waals surface area contributed by atoms with Gasteiger partial charge < -0.3 is 10.8 Å². The Morgan fingerprint density at radius 3 is 2.15 bits per heavy atom. The van der Waals surface area contributed by atoms with Crippen molar-refractivity contribution in [1.82, 2.24) is 0 Å². The van der Waals surface area contributed by atoms with Crippen LogP contribution in [-0.2, 0) is 4.79 Å². The number of nitrogens with one attached hydrogen (secondary N) is 1. The minimum Gasteiger partial charge on any atom is -0.481 e. The Labute approximate surface area is 78.6 Å². The average molecular weight is 186 g/mol. The summed E-state index contributed by atoms with van der Waals surface area (Å²) >= 11 is 0. The zero-order chi connectivity index (χ0) is 10.6. The predicted molar refractivity (Wildman–Crippen MR) is 51.7 cm³/mol. The van der Waals surface area contributed by atoms with E-state index >= 15 is 0 Å². The lowest BCUT2D eigenvalue weighted by molar-refractivity contribution is -0.145. The van der Waals surface area contributed by atoms with Gasteiger partial charge in [0.15, 0.2) is 0 Å². The van der Waals surface area contributed by atoms with Gasteiger partial charge in [0.1, 0.15) is 0 Å². The molecule has 0 bridgehead atoms. The van der Waals surface area contributed by atoms with E-state index in [0.29, 0.717) is 6.42 Å². The van der Waals surface area contributed by atoms with Gasteiger partial charge in [0.2, 0.25) is 0 Å². The van der Waals surface area contributed by atoms with Crippen molar-refractivity contribution >= 4 is 11.8 Å². The molecule has 4 N–H and O–H groups in total. The van der Waals surface area contributed by atoms with Crippen molar-refractivity contribution in [2.75, 3.05) is 0 Å². The third-order valence-electron chi connectivity index (χ3n) is 2.16. The lowest BCUT2D eigenvalue weighted by Gasteiger charge is -2.22. The lowest BCUT2D eigenvalue weighted by Crippen LogP contribution is -2.29. The van der Waals surface area contributed by atoms with Crippen LogP contribution in [0.5, 0.6) is 0 Å². The topological polar surface area (TPSA) is 87.2 Å². The summed E-state index contributed by atoms with van der Waals surface area (Å²) in [4.78, 5) is 10.9. The molecular formula is C9H18N2O2. The van der Waals surface area contributed by atoms with Crippen LogP contribution in [0.25, 0.3) is 0 Å². The van der Waals surface area contributed by atoms with E-state index < -0.39 is 11.9 Å². The van der Waals surface area contributed by atoms with Crippen LogP contribution < -0.4 is 5.73 Å². The molecule has 0 aliphatic carbocycles. The highest BCUT2D eigenvalue weighted by Crippen LogP contribution is 2.23. The van der Waals surface area contributed by atoms with Crippen LogP contribution in [0.2, 0.25) is 0 Å². The highest BCUT2D eigenvalue weighted by atomic mass is 16.4. The molecular weight excluding hydrogens is 168 g/mol. The van der Waals surface area contributed by atoms with Gasteiger partial charge in [0.25, 0.3) is 0 Å². The Bertz CT molecular complexity index is 202. The first-order valence-electron chi connectivity index (χ1n) is 4.42. The zero-order valence-electron chi connectivity index (χ0n) is 8.37. The summed E-state index contributed by atoms with van der Waals surface area (Å²) in [7, 11) is 0. The summed E-state index contributed by atoms with van der Waals surface area (Å²) < 4.78 is 0. The molecule has 76 valence electrons. The molecule has 0 heterocycles. The lowest BCUT2D eigenvalue weighted by atomic mass is 9.82. The number of aliphatic carboxylic acids is 1. The van der Waals surface area contributed by atoms with E-state index in [2.05, 4.69) is 0 Å². The molecule has 0 aliphatic heterocycles. The maximum absolute atomic E-state index is 10.9. The fourth-order valence-electron chi connectivity index (χ4n) is 1.66. The largest absolute Gasteiger partial charge is 0.481 e. The standard InChI is InChI=1S/C9H18N2O2/c1-5(2)8(9(12)13)6(3)4-7(10)11/h5-6,8H,4H2,1-3H3,(H3,10,11)(H,12,13). The molecule has 0 aliphatic rings. The van der Waals surface area contributed by atoms with Crippen molar-refractivity contribution < 1.29 is 9.90 Å².